The fourth-order valence-corrected chi connectivity index (χ4v) is 2.99. The van der Waals surface area contributed by atoms with E-state index in [1.165, 1.54) is 11.1 Å². The van der Waals surface area contributed by atoms with Crippen molar-refractivity contribution in [3.05, 3.63) is 77.4 Å². The minimum Gasteiger partial charge on any atom is -0.337 e. The number of benzene rings is 2. The third kappa shape index (κ3) is 4.33. The van der Waals surface area contributed by atoms with Crippen LogP contribution in [0.4, 0.5) is 0 Å². The summed E-state index contributed by atoms with van der Waals surface area (Å²) in [5.41, 5.74) is 3.77. The number of hydrogen-bond donors (Lipinski definition) is 0. The largest absolute Gasteiger partial charge is 0.337 e. The maximum atomic E-state index is 12.3. The molecule has 0 bridgehead atoms. The van der Waals surface area contributed by atoms with Crippen LogP contribution in [0.2, 0.25) is 0 Å². The van der Waals surface area contributed by atoms with Gasteiger partial charge in [-0.05, 0) is 29.7 Å². The SMILES string of the molecule is Cc1ccccc1CN1CCN(C(=O)/C=C/c2ccccc2)CC1. The first-order valence-electron chi connectivity index (χ1n) is 8.51. The fraction of sp³-hybridized carbons (Fsp3) is 0.286. The average molecular weight is 320 g/mol. The Morgan fingerprint density at radius 2 is 1.62 bits per heavy atom. The lowest BCUT2D eigenvalue weighted by molar-refractivity contribution is -0.127. The Kier molecular flexibility index (Phi) is 5.44. The minimum absolute atomic E-state index is 0.106. The van der Waals surface area contributed by atoms with E-state index in [1.54, 1.807) is 6.08 Å². The zero-order valence-electron chi connectivity index (χ0n) is 14.2. The molecule has 124 valence electrons. The molecule has 0 atom stereocenters. The third-order valence-corrected chi connectivity index (χ3v) is 4.56. The molecule has 3 rings (SSSR count). The van der Waals surface area contributed by atoms with Crippen LogP contribution in [0.1, 0.15) is 16.7 Å². The van der Waals surface area contributed by atoms with Gasteiger partial charge in [-0.2, -0.15) is 0 Å². The van der Waals surface area contributed by atoms with Crippen LogP contribution in [0.25, 0.3) is 6.08 Å². The van der Waals surface area contributed by atoms with Crippen LogP contribution in [-0.4, -0.2) is 41.9 Å². The minimum atomic E-state index is 0.106. The average Bonchev–Trinajstić information content (AvgIpc) is 2.63. The lowest BCUT2D eigenvalue weighted by atomic mass is 10.1. The Balaban J connectivity index is 1.50. The first-order valence-corrected chi connectivity index (χ1v) is 8.51. The Hall–Kier alpha value is -2.39. The van der Waals surface area contributed by atoms with Crippen LogP contribution in [0.5, 0.6) is 0 Å². The van der Waals surface area contributed by atoms with Gasteiger partial charge in [0.25, 0.3) is 0 Å². The topological polar surface area (TPSA) is 23.6 Å². The van der Waals surface area contributed by atoms with E-state index in [0.29, 0.717) is 0 Å². The number of hydrogen-bond acceptors (Lipinski definition) is 2. The Bertz CT molecular complexity index is 701. The number of rotatable bonds is 4. The predicted molar refractivity (Wildman–Crippen MR) is 98.5 cm³/mol. The molecule has 0 aliphatic carbocycles. The van der Waals surface area contributed by atoms with Crippen molar-refractivity contribution in [2.24, 2.45) is 0 Å². The van der Waals surface area contributed by atoms with Gasteiger partial charge in [0.05, 0.1) is 0 Å². The summed E-state index contributed by atoms with van der Waals surface area (Å²) in [6.07, 6.45) is 3.58. The second-order valence-electron chi connectivity index (χ2n) is 6.27. The van der Waals surface area contributed by atoms with Gasteiger partial charge in [-0.3, -0.25) is 9.69 Å². The molecule has 1 amide bonds. The molecule has 24 heavy (non-hydrogen) atoms. The second kappa shape index (κ2) is 7.93. The van der Waals surface area contributed by atoms with Crippen LogP contribution in [0, 0.1) is 6.92 Å². The van der Waals surface area contributed by atoms with Crippen LogP contribution in [0.3, 0.4) is 0 Å². The molecule has 1 aliphatic heterocycles. The van der Waals surface area contributed by atoms with E-state index >= 15 is 0 Å². The van der Waals surface area contributed by atoms with E-state index < -0.39 is 0 Å². The fourth-order valence-electron chi connectivity index (χ4n) is 2.99. The molecular formula is C21H24N2O. The molecule has 2 aromatic rings. The van der Waals surface area contributed by atoms with Crippen molar-refractivity contribution in [2.75, 3.05) is 26.2 Å². The third-order valence-electron chi connectivity index (χ3n) is 4.56. The number of piperazine rings is 1. The van der Waals surface area contributed by atoms with Gasteiger partial charge in [0, 0.05) is 38.8 Å². The van der Waals surface area contributed by atoms with E-state index in [2.05, 4.69) is 36.1 Å². The highest BCUT2D eigenvalue weighted by Crippen LogP contribution is 2.13. The van der Waals surface area contributed by atoms with Crippen LogP contribution in [0.15, 0.2) is 60.7 Å². The normalized spacial score (nSPS) is 15.8. The van der Waals surface area contributed by atoms with Crippen molar-refractivity contribution >= 4 is 12.0 Å². The molecule has 0 saturated carbocycles. The standard InChI is InChI=1S/C21H24N2O/c1-18-7-5-6-10-20(18)17-22-13-15-23(16-14-22)21(24)12-11-19-8-3-2-4-9-19/h2-12H,13-17H2,1H3/b12-11+. The number of nitrogens with zero attached hydrogens (tertiary/aromatic N) is 2. The Labute approximate surface area is 144 Å². The lowest BCUT2D eigenvalue weighted by Gasteiger charge is -2.34. The molecule has 1 aliphatic rings. The van der Waals surface area contributed by atoms with Crippen molar-refractivity contribution < 1.29 is 4.79 Å². The van der Waals surface area contributed by atoms with E-state index in [4.69, 9.17) is 0 Å². The van der Waals surface area contributed by atoms with Gasteiger partial charge < -0.3 is 4.90 Å². The van der Waals surface area contributed by atoms with Gasteiger partial charge in [-0.15, -0.1) is 0 Å². The van der Waals surface area contributed by atoms with E-state index in [9.17, 15) is 4.79 Å². The summed E-state index contributed by atoms with van der Waals surface area (Å²) in [6.45, 7) is 6.57. The molecule has 3 heteroatoms. The predicted octanol–water partition coefficient (Wildman–Crippen LogP) is 3.35. The van der Waals surface area contributed by atoms with Crippen molar-refractivity contribution in [3.63, 3.8) is 0 Å². The molecule has 0 aromatic heterocycles. The van der Waals surface area contributed by atoms with Crippen molar-refractivity contribution in [1.29, 1.82) is 0 Å². The molecule has 0 N–H and O–H groups in total. The van der Waals surface area contributed by atoms with Crippen molar-refractivity contribution in [2.45, 2.75) is 13.5 Å². The number of aryl methyl sites for hydroxylation is 1. The summed E-state index contributed by atoms with van der Waals surface area (Å²) >= 11 is 0. The molecule has 0 unspecified atom stereocenters. The van der Waals surface area contributed by atoms with E-state index in [1.807, 2.05) is 41.3 Å². The molecule has 0 radical (unpaired) electrons. The Morgan fingerprint density at radius 3 is 2.33 bits per heavy atom. The lowest BCUT2D eigenvalue weighted by Crippen LogP contribution is -2.47. The van der Waals surface area contributed by atoms with Crippen LogP contribution < -0.4 is 0 Å². The molecule has 2 aromatic carbocycles. The summed E-state index contributed by atoms with van der Waals surface area (Å²) in [5, 5.41) is 0. The van der Waals surface area contributed by atoms with Gasteiger partial charge >= 0.3 is 0 Å². The smallest absolute Gasteiger partial charge is 0.246 e. The zero-order chi connectivity index (χ0) is 16.8. The molecule has 1 heterocycles. The summed E-state index contributed by atoms with van der Waals surface area (Å²) in [5.74, 6) is 0.106. The van der Waals surface area contributed by atoms with Gasteiger partial charge in [0.15, 0.2) is 0 Å². The summed E-state index contributed by atoms with van der Waals surface area (Å²) in [6, 6.07) is 18.5. The Morgan fingerprint density at radius 1 is 0.958 bits per heavy atom. The summed E-state index contributed by atoms with van der Waals surface area (Å²) in [7, 11) is 0. The van der Waals surface area contributed by atoms with Crippen LogP contribution >= 0.6 is 0 Å². The number of carbonyl (C=O) groups is 1. The van der Waals surface area contributed by atoms with Gasteiger partial charge in [0.2, 0.25) is 5.91 Å². The van der Waals surface area contributed by atoms with E-state index in [-0.39, 0.29) is 5.91 Å². The second-order valence-corrected chi connectivity index (χ2v) is 6.27. The number of amides is 1. The van der Waals surface area contributed by atoms with Crippen molar-refractivity contribution in [3.8, 4) is 0 Å². The quantitative estimate of drug-likeness (QED) is 0.807. The highest BCUT2D eigenvalue weighted by Gasteiger charge is 2.19. The molecule has 0 spiro atoms. The monoisotopic (exact) mass is 320 g/mol. The zero-order valence-corrected chi connectivity index (χ0v) is 14.2. The van der Waals surface area contributed by atoms with Crippen LogP contribution in [-0.2, 0) is 11.3 Å². The molecule has 1 saturated heterocycles. The molecule has 1 fully saturated rings. The highest BCUT2D eigenvalue weighted by atomic mass is 16.2. The van der Waals surface area contributed by atoms with Gasteiger partial charge in [-0.1, -0.05) is 54.6 Å². The van der Waals surface area contributed by atoms with E-state index in [0.717, 1.165) is 38.3 Å². The maximum Gasteiger partial charge on any atom is 0.246 e. The molecular weight excluding hydrogens is 296 g/mol. The first kappa shape index (κ1) is 16.5. The number of carbonyl (C=O) groups excluding carboxylic acids is 1. The molecule has 3 nitrogen and oxygen atoms in total. The first-order chi connectivity index (χ1) is 11.7. The van der Waals surface area contributed by atoms with Gasteiger partial charge in [-0.25, -0.2) is 0 Å². The summed E-state index contributed by atoms with van der Waals surface area (Å²) < 4.78 is 0. The highest BCUT2D eigenvalue weighted by molar-refractivity contribution is 5.91. The summed E-state index contributed by atoms with van der Waals surface area (Å²) in [4.78, 5) is 16.7. The van der Waals surface area contributed by atoms with Crippen molar-refractivity contribution in [1.82, 2.24) is 9.80 Å². The van der Waals surface area contributed by atoms with Gasteiger partial charge in [0.1, 0.15) is 0 Å². The maximum absolute atomic E-state index is 12.3.